The first kappa shape index (κ1) is 14.8. The number of hydrogen-bond acceptors (Lipinski definition) is 4. The number of benzene rings is 1. The zero-order valence-corrected chi connectivity index (χ0v) is 10.8. The van der Waals surface area contributed by atoms with Crippen molar-refractivity contribution in [1.29, 1.82) is 0 Å². The number of rotatable bonds is 6. The molecule has 0 aliphatic carbocycles. The summed E-state index contributed by atoms with van der Waals surface area (Å²) in [6.07, 6.45) is 3.51. The fourth-order valence-electron chi connectivity index (χ4n) is 1.52. The fraction of sp³-hybridized carbons (Fsp3) is 0.308. The highest BCUT2D eigenvalue weighted by atomic mass is 16.6. The van der Waals surface area contributed by atoms with E-state index in [1.54, 1.807) is 25.2 Å². The molecule has 6 heteroatoms. The maximum Gasteiger partial charge on any atom is 0.276 e. The third kappa shape index (κ3) is 4.51. The van der Waals surface area contributed by atoms with Crippen molar-refractivity contribution in [3.63, 3.8) is 0 Å². The number of nitrogens with zero attached hydrogens (tertiary/aromatic N) is 2. The summed E-state index contributed by atoms with van der Waals surface area (Å²) >= 11 is 0. The normalized spacial score (nSPS) is 10.6. The average Bonchev–Trinajstić information content (AvgIpc) is 2.42. The van der Waals surface area contributed by atoms with Crippen LogP contribution in [0.2, 0.25) is 0 Å². The summed E-state index contributed by atoms with van der Waals surface area (Å²) in [5.41, 5.74) is 5.76. The van der Waals surface area contributed by atoms with Gasteiger partial charge in [-0.05, 0) is 25.1 Å². The Kier molecular flexibility index (Phi) is 5.69. The van der Waals surface area contributed by atoms with E-state index in [-0.39, 0.29) is 11.6 Å². The lowest BCUT2D eigenvalue weighted by Gasteiger charge is -2.13. The number of nitrogens with two attached hydrogens (primary N) is 1. The Morgan fingerprint density at radius 2 is 2.16 bits per heavy atom. The first-order chi connectivity index (χ1) is 9.06. The molecular weight excluding hydrogens is 246 g/mol. The van der Waals surface area contributed by atoms with Crippen LogP contribution >= 0.6 is 0 Å². The van der Waals surface area contributed by atoms with Gasteiger partial charge in [-0.25, -0.2) is 0 Å². The molecule has 0 aliphatic heterocycles. The Hall–Kier alpha value is -2.21. The number of nitro benzene ring substituents is 1. The standard InChI is InChI=1S/C13H17N3O3/c1-15(10-4-9-14)13(17)8-7-11-5-2-3-6-12(11)16(18)19/h2-3,5-8H,4,9-10,14H2,1H3/b8-7+. The summed E-state index contributed by atoms with van der Waals surface area (Å²) in [6.45, 7) is 1.09. The van der Waals surface area contributed by atoms with E-state index < -0.39 is 4.92 Å². The van der Waals surface area contributed by atoms with Crippen molar-refractivity contribution in [3.8, 4) is 0 Å². The molecule has 0 heterocycles. The van der Waals surface area contributed by atoms with E-state index in [0.717, 1.165) is 6.42 Å². The van der Waals surface area contributed by atoms with Crippen LogP contribution < -0.4 is 5.73 Å². The number of hydrogen-bond donors (Lipinski definition) is 1. The molecule has 0 aromatic heterocycles. The number of nitro groups is 1. The van der Waals surface area contributed by atoms with Gasteiger partial charge in [0.15, 0.2) is 0 Å². The molecule has 1 aromatic rings. The monoisotopic (exact) mass is 263 g/mol. The number of para-hydroxylation sites is 1. The summed E-state index contributed by atoms with van der Waals surface area (Å²) < 4.78 is 0. The first-order valence-corrected chi connectivity index (χ1v) is 5.93. The maximum absolute atomic E-state index is 11.7. The molecule has 0 bridgehead atoms. The molecule has 102 valence electrons. The number of amides is 1. The maximum atomic E-state index is 11.7. The third-order valence-electron chi connectivity index (χ3n) is 2.61. The summed E-state index contributed by atoms with van der Waals surface area (Å²) in [4.78, 5) is 23.6. The molecule has 6 nitrogen and oxygen atoms in total. The van der Waals surface area contributed by atoms with Crippen LogP contribution in [0.4, 0.5) is 5.69 Å². The van der Waals surface area contributed by atoms with E-state index in [0.29, 0.717) is 18.7 Å². The Morgan fingerprint density at radius 1 is 1.47 bits per heavy atom. The topological polar surface area (TPSA) is 89.5 Å². The average molecular weight is 263 g/mol. The second kappa shape index (κ2) is 7.27. The molecule has 1 rings (SSSR count). The SMILES string of the molecule is CN(CCCN)C(=O)/C=C/c1ccccc1[N+](=O)[O-]. The molecule has 19 heavy (non-hydrogen) atoms. The second-order valence-corrected chi connectivity index (χ2v) is 4.05. The van der Waals surface area contributed by atoms with Gasteiger partial charge >= 0.3 is 0 Å². The van der Waals surface area contributed by atoms with Gasteiger partial charge in [-0.1, -0.05) is 12.1 Å². The van der Waals surface area contributed by atoms with Crippen molar-refractivity contribution < 1.29 is 9.72 Å². The number of carbonyl (C=O) groups excluding carboxylic acids is 1. The van der Waals surface area contributed by atoms with E-state index in [1.807, 2.05) is 0 Å². The molecule has 0 aliphatic rings. The van der Waals surface area contributed by atoms with Crippen molar-refractivity contribution in [2.75, 3.05) is 20.1 Å². The van der Waals surface area contributed by atoms with Crippen LogP contribution in [0.1, 0.15) is 12.0 Å². The summed E-state index contributed by atoms with van der Waals surface area (Å²) in [6, 6.07) is 6.28. The van der Waals surface area contributed by atoms with Gasteiger partial charge in [0.05, 0.1) is 10.5 Å². The van der Waals surface area contributed by atoms with Crippen LogP contribution in [0.15, 0.2) is 30.3 Å². The van der Waals surface area contributed by atoms with Crippen molar-refractivity contribution in [2.45, 2.75) is 6.42 Å². The molecule has 0 saturated carbocycles. The summed E-state index contributed by atoms with van der Waals surface area (Å²) in [7, 11) is 1.67. The predicted molar refractivity (Wildman–Crippen MR) is 73.4 cm³/mol. The van der Waals surface area contributed by atoms with E-state index in [1.165, 1.54) is 23.1 Å². The Morgan fingerprint density at radius 3 is 2.79 bits per heavy atom. The minimum absolute atomic E-state index is 0.0174. The van der Waals surface area contributed by atoms with E-state index in [4.69, 9.17) is 5.73 Å². The third-order valence-corrected chi connectivity index (χ3v) is 2.61. The van der Waals surface area contributed by atoms with Crippen LogP contribution in [0.3, 0.4) is 0 Å². The molecule has 1 amide bonds. The lowest BCUT2D eigenvalue weighted by molar-refractivity contribution is -0.385. The zero-order chi connectivity index (χ0) is 14.3. The second-order valence-electron chi connectivity index (χ2n) is 4.05. The van der Waals surface area contributed by atoms with Crippen LogP contribution in [0, 0.1) is 10.1 Å². The van der Waals surface area contributed by atoms with E-state index in [9.17, 15) is 14.9 Å². The Labute approximate surface area is 111 Å². The van der Waals surface area contributed by atoms with Crippen molar-refractivity contribution in [1.82, 2.24) is 4.90 Å². The van der Waals surface area contributed by atoms with Gasteiger partial charge in [0.1, 0.15) is 0 Å². The van der Waals surface area contributed by atoms with Gasteiger partial charge in [0, 0.05) is 25.7 Å². The molecule has 1 aromatic carbocycles. The zero-order valence-electron chi connectivity index (χ0n) is 10.8. The van der Waals surface area contributed by atoms with Crippen molar-refractivity contribution in [3.05, 3.63) is 46.0 Å². The first-order valence-electron chi connectivity index (χ1n) is 5.93. The number of carbonyl (C=O) groups is 1. The summed E-state index contributed by atoms with van der Waals surface area (Å²) in [5, 5.41) is 10.8. The van der Waals surface area contributed by atoms with Crippen molar-refractivity contribution >= 4 is 17.7 Å². The van der Waals surface area contributed by atoms with E-state index >= 15 is 0 Å². The fourth-order valence-corrected chi connectivity index (χ4v) is 1.52. The lowest BCUT2D eigenvalue weighted by Crippen LogP contribution is -2.27. The molecule has 0 fully saturated rings. The minimum atomic E-state index is -0.470. The molecule has 0 spiro atoms. The van der Waals surface area contributed by atoms with Crippen LogP contribution in [0.5, 0.6) is 0 Å². The van der Waals surface area contributed by atoms with Crippen LogP contribution in [-0.2, 0) is 4.79 Å². The minimum Gasteiger partial charge on any atom is -0.342 e. The highest BCUT2D eigenvalue weighted by molar-refractivity contribution is 5.92. The lowest BCUT2D eigenvalue weighted by atomic mass is 10.1. The van der Waals surface area contributed by atoms with Gasteiger partial charge in [-0.2, -0.15) is 0 Å². The highest BCUT2D eigenvalue weighted by Crippen LogP contribution is 2.18. The summed E-state index contributed by atoms with van der Waals surface area (Å²) in [5.74, 6) is -0.202. The quantitative estimate of drug-likeness (QED) is 0.477. The molecule has 2 N–H and O–H groups in total. The molecule has 0 unspecified atom stereocenters. The Bertz CT molecular complexity index is 486. The van der Waals surface area contributed by atoms with E-state index in [2.05, 4.69) is 0 Å². The van der Waals surface area contributed by atoms with Gasteiger partial charge in [-0.15, -0.1) is 0 Å². The van der Waals surface area contributed by atoms with Gasteiger partial charge in [0.25, 0.3) is 5.69 Å². The Balaban J connectivity index is 2.76. The number of likely N-dealkylation sites (N-methyl/N-ethyl adjacent to an activating group) is 1. The largest absolute Gasteiger partial charge is 0.342 e. The molecule has 0 saturated heterocycles. The van der Waals surface area contributed by atoms with Crippen LogP contribution in [-0.4, -0.2) is 35.9 Å². The predicted octanol–water partition coefficient (Wildman–Crippen LogP) is 1.42. The van der Waals surface area contributed by atoms with Crippen molar-refractivity contribution in [2.24, 2.45) is 5.73 Å². The van der Waals surface area contributed by atoms with Gasteiger partial charge in [-0.3, -0.25) is 14.9 Å². The van der Waals surface area contributed by atoms with Gasteiger partial charge < -0.3 is 10.6 Å². The smallest absolute Gasteiger partial charge is 0.276 e. The van der Waals surface area contributed by atoms with Gasteiger partial charge in [0.2, 0.25) is 5.91 Å². The molecular formula is C13H17N3O3. The molecule has 0 atom stereocenters. The van der Waals surface area contributed by atoms with Crippen LogP contribution in [0.25, 0.3) is 6.08 Å². The highest BCUT2D eigenvalue weighted by Gasteiger charge is 2.10. The molecule has 0 radical (unpaired) electrons.